The Morgan fingerprint density at radius 2 is 1.95 bits per heavy atom. The van der Waals surface area contributed by atoms with E-state index in [9.17, 15) is 14.4 Å². The Labute approximate surface area is 120 Å². The van der Waals surface area contributed by atoms with Crippen LogP contribution in [0, 0.1) is 0 Å². The van der Waals surface area contributed by atoms with Crippen LogP contribution in [0.25, 0.3) is 0 Å². The van der Waals surface area contributed by atoms with Gasteiger partial charge in [0, 0.05) is 17.1 Å². The number of carboxylic acid groups (broad SMARTS) is 2. The molecule has 0 fully saturated rings. The minimum atomic E-state index is -1.20. The zero-order chi connectivity index (χ0) is 15.3. The molecule has 0 saturated carbocycles. The van der Waals surface area contributed by atoms with Crippen LogP contribution in [0.2, 0.25) is 5.02 Å². The summed E-state index contributed by atoms with van der Waals surface area (Å²) in [6.07, 6.45) is -0.329. The van der Waals surface area contributed by atoms with Crippen molar-refractivity contribution in [3.8, 4) is 0 Å². The van der Waals surface area contributed by atoms with Crippen LogP contribution in [0.5, 0.6) is 0 Å². The summed E-state index contributed by atoms with van der Waals surface area (Å²) in [6.45, 7) is 1.14. The second-order valence-corrected chi connectivity index (χ2v) is 4.60. The lowest BCUT2D eigenvalue weighted by atomic mass is 10.1. The summed E-state index contributed by atoms with van der Waals surface area (Å²) >= 11 is 5.78. The van der Waals surface area contributed by atoms with Crippen LogP contribution in [0.1, 0.15) is 23.7 Å². The first kappa shape index (κ1) is 16.0. The minimum Gasteiger partial charge on any atom is -0.481 e. The van der Waals surface area contributed by atoms with Crippen molar-refractivity contribution >= 4 is 29.4 Å². The third-order valence-electron chi connectivity index (χ3n) is 2.72. The molecule has 0 spiro atoms. The van der Waals surface area contributed by atoms with E-state index in [0.717, 1.165) is 4.90 Å². The topological polar surface area (TPSA) is 94.9 Å². The maximum absolute atomic E-state index is 12.3. The van der Waals surface area contributed by atoms with Gasteiger partial charge in [0.2, 0.25) is 0 Å². The van der Waals surface area contributed by atoms with Gasteiger partial charge in [-0.25, -0.2) is 4.79 Å². The van der Waals surface area contributed by atoms with Gasteiger partial charge in [-0.3, -0.25) is 9.59 Å². The van der Waals surface area contributed by atoms with Crippen LogP contribution in [0.15, 0.2) is 24.3 Å². The molecule has 1 aromatic carbocycles. The van der Waals surface area contributed by atoms with Crippen molar-refractivity contribution in [2.45, 2.75) is 19.4 Å². The molecule has 108 valence electrons. The van der Waals surface area contributed by atoms with E-state index in [4.69, 9.17) is 21.8 Å². The molecule has 0 aliphatic heterocycles. The van der Waals surface area contributed by atoms with Gasteiger partial charge in [-0.2, -0.15) is 0 Å². The van der Waals surface area contributed by atoms with Crippen LogP contribution in [-0.4, -0.2) is 45.5 Å². The van der Waals surface area contributed by atoms with Gasteiger partial charge in [0.15, 0.2) is 0 Å². The number of benzene rings is 1. The Balaban J connectivity index is 2.99. The van der Waals surface area contributed by atoms with E-state index in [-0.39, 0.29) is 18.5 Å². The Morgan fingerprint density at radius 1 is 1.30 bits per heavy atom. The number of carbonyl (C=O) groups is 3. The first-order valence-electron chi connectivity index (χ1n) is 5.84. The van der Waals surface area contributed by atoms with Gasteiger partial charge in [0.25, 0.3) is 5.91 Å². The lowest BCUT2D eigenvalue weighted by molar-refractivity contribution is -0.143. The van der Waals surface area contributed by atoms with Crippen molar-refractivity contribution in [2.75, 3.05) is 6.54 Å². The molecule has 1 amide bonds. The van der Waals surface area contributed by atoms with E-state index in [2.05, 4.69) is 0 Å². The molecule has 1 atom stereocenters. The van der Waals surface area contributed by atoms with Gasteiger partial charge in [0.1, 0.15) is 6.04 Å². The quantitative estimate of drug-likeness (QED) is 0.834. The number of halogens is 1. The zero-order valence-electron chi connectivity index (χ0n) is 10.7. The zero-order valence-corrected chi connectivity index (χ0v) is 11.5. The van der Waals surface area contributed by atoms with E-state index in [0.29, 0.717) is 5.02 Å². The van der Waals surface area contributed by atoms with Gasteiger partial charge in [-0.1, -0.05) is 17.7 Å². The number of rotatable bonds is 6. The van der Waals surface area contributed by atoms with Crippen molar-refractivity contribution in [1.29, 1.82) is 0 Å². The predicted octanol–water partition coefficient (Wildman–Crippen LogP) is 1.73. The molecule has 0 aliphatic carbocycles. The van der Waals surface area contributed by atoms with Crippen LogP contribution in [0.4, 0.5) is 0 Å². The molecule has 0 radical (unpaired) electrons. The molecule has 0 saturated heterocycles. The average molecular weight is 300 g/mol. The molecule has 0 aromatic heterocycles. The summed E-state index contributed by atoms with van der Waals surface area (Å²) in [5.41, 5.74) is 0.219. The summed E-state index contributed by atoms with van der Waals surface area (Å²) in [5, 5.41) is 18.0. The molecule has 1 unspecified atom stereocenters. The smallest absolute Gasteiger partial charge is 0.326 e. The molecule has 7 heteroatoms. The van der Waals surface area contributed by atoms with E-state index < -0.39 is 23.9 Å². The Kier molecular flexibility index (Phi) is 5.52. The fraction of sp³-hybridized carbons (Fsp3) is 0.308. The first-order chi connectivity index (χ1) is 9.32. The molecule has 0 aliphatic rings. The average Bonchev–Trinajstić information content (AvgIpc) is 2.37. The third-order valence-corrected chi connectivity index (χ3v) is 2.96. The molecule has 2 N–H and O–H groups in total. The fourth-order valence-electron chi connectivity index (χ4n) is 1.61. The molecule has 1 rings (SSSR count). The SMILES string of the molecule is CC(C(=O)O)N(CCC(=O)O)C(=O)c1cccc(Cl)c1. The third kappa shape index (κ3) is 4.24. The van der Waals surface area contributed by atoms with Gasteiger partial charge in [0.05, 0.1) is 6.42 Å². The summed E-state index contributed by atoms with van der Waals surface area (Å²) in [7, 11) is 0. The molecule has 1 aromatic rings. The van der Waals surface area contributed by atoms with Crippen molar-refractivity contribution in [3.05, 3.63) is 34.9 Å². The van der Waals surface area contributed by atoms with Gasteiger partial charge in [-0.15, -0.1) is 0 Å². The largest absolute Gasteiger partial charge is 0.481 e. The van der Waals surface area contributed by atoms with Crippen LogP contribution in [0.3, 0.4) is 0 Å². The summed E-state index contributed by atoms with van der Waals surface area (Å²) in [4.78, 5) is 34.9. The van der Waals surface area contributed by atoms with E-state index in [1.807, 2.05) is 0 Å². The Morgan fingerprint density at radius 3 is 2.45 bits per heavy atom. The molecular weight excluding hydrogens is 286 g/mol. The van der Waals surface area contributed by atoms with Crippen molar-refractivity contribution in [3.63, 3.8) is 0 Å². The van der Waals surface area contributed by atoms with Gasteiger partial charge < -0.3 is 15.1 Å². The number of carboxylic acids is 2. The number of hydrogen-bond acceptors (Lipinski definition) is 3. The lowest BCUT2D eigenvalue weighted by Gasteiger charge is -2.26. The number of amides is 1. The van der Waals surface area contributed by atoms with E-state index in [1.165, 1.54) is 19.1 Å². The van der Waals surface area contributed by atoms with Crippen LogP contribution >= 0.6 is 11.6 Å². The summed E-state index contributed by atoms with van der Waals surface area (Å²) in [5.74, 6) is -2.87. The molecule has 0 heterocycles. The summed E-state index contributed by atoms with van der Waals surface area (Å²) in [6, 6.07) is 4.93. The number of hydrogen-bond donors (Lipinski definition) is 2. The van der Waals surface area contributed by atoms with Crippen molar-refractivity contribution in [1.82, 2.24) is 4.90 Å². The minimum absolute atomic E-state index is 0.186. The highest BCUT2D eigenvalue weighted by Crippen LogP contribution is 2.15. The van der Waals surface area contributed by atoms with Gasteiger partial charge in [-0.05, 0) is 25.1 Å². The summed E-state index contributed by atoms with van der Waals surface area (Å²) < 4.78 is 0. The van der Waals surface area contributed by atoms with Crippen LogP contribution < -0.4 is 0 Å². The predicted molar refractivity (Wildman–Crippen MR) is 71.8 cm³/mol. The maximum Gasteiger partial charge on any atom is 0.326 e. The van der Waals surface area contributed by atoms with Crippen molar-refractivity contribution < 1.29 is 24.6 Å². The van der Waals surface area contributed by atoms with E-state index >= 15 is 0 Å². The van der Waals surface area contributed by atoms with Crippen LogP contribution in [-0.2, 0) is 9.59 Å². The Bertz CT molecular complexity index is 531. The normalized spacial score (nSPS) is 11.7. The molecule has 0 bridgehead atoms. The highest BCUT2D eigenvalue weighted by atomic mass is 35.5. The second kappa shape index (κ2) is 6.91. The fourth-order valence-corrected chi connectivity index (χ4v) is 1.80. The highest BCUT2D eigenvalue weighted by molar-refractivity contribution is 6.31. The van der Waals surface area contributed by atoms with E-state index in [1.54, 1.807) is 12.1 Å². The second-order valence-electron chi connectivity index (χ2n) is 4.17. The number of carbonyl (C=O) groups excluding carboxylic acids is 1. The van der Waals surface area contributed by atoms with Gasteiger partial charge >= 0.3 is 11.9 Å². The molecule has 6 nitrogen and oxygen atoms in total. The number of nitrogens with zero attached hydrogens (tertiary/aromatic N) is 1. The molecule has 20 heavy (non-hydrogen) atoms. The highest BCUT2D eigenvalue weighted by Gasteiger charge is 2.26. The number of aliphatic carboxylic acids is 2. The standard InChI is InChI=1S/C13H14ClNO5/c1-8(13(19)20)15(6-5-11(16)17)12(18)9-3-2-4-10(14)7-9/h2-4,7-8H,5-6H2,1H3,(H,16,17)(H,19,20). The Hall–Kier alpha value is -2.08. The first-order valence-corrected chi connectivity index (χ1v) is 6.22. The van der Waals surface area contributed by atoms with Crippen molar-refractivity contribution in [2.24, 2.45) is 0 Å². The molecular formula is C13H14ClNO5. The monoisotopic (exact) mass is 299 g/mol. The maximum atomic E-state index is 12.3. The lowest BCUT2D eigenvalue weighted by Crippen LogP contribution is -2.44.